The zero-order chi connectivity index (χ0) is 13.0. The normalized spacial score (nSPS) is 14.6. The summed E-state index contributed by atoms with van der Waals surface area (Å²) >= 11 is 5.98. The Morgan fingerprint density at radius 2 is 2.12 bits per heavy atom. The first-order chi connectivity index (χ1) is 7.91. The highest BCUT2D eigenvalue weighted by atomic mass is 35.5. The van der Waals surface area contributed by atoms with Gasteiger partial charge in [0.25, 0.3) is 0 Å². The number of hydrogen-bond donors (Lipinski definition) is 2. The summed E-state index contributed by atoms with van der Waals surface area (Å²) in [5.74, 6) is 0.225. The Labute approximate surface area is 108 Å². The maximum atomic E-state index is 7.33. The maximum absolute atomic E-state index is 7.33. The first-order valence-corrected chi connectivity index (χ1v) is 6.10. The number of benzene rings is 1. The predicted octanol–water partition coefficient (Wildman–Crippen LogP) is 3.05. The Bertz CT molecular complexity index is 392. The summed E-state index contributed by atoms with van der Waals surface area (Å²) in [6.45, 7) is 4.20. The van der Waals surface area contributed by atoms with E-state index in [4.69, 9.17) is 22.7 Å². The van der Waals surface area contributed by atoms with E-state index < -0.39 is 0 Å². The average Bonchev–Trinajstić information content (AvgIpc) is 2.26. The predicted molar refractivity (Wildman–Crippen MR) is 73.6 cm³/mol. The lowest BCUT2D eigenvalue weighted by molar-refractivity contribution is 0.201. The Morgan fingerprint density at radius 3 is 2.65 bits per heavy atom. The molecule has 94 valence electrons. The first kappa shape index (κ1) is 14.0. The molecule has 2 unspecified atom stereocenters. The maximum Gasteiger partial charge on any atom is 0.0920 e. The van der Waals surface area contributed by atoms with Crippen molar-refractivity contribution in [2.24, 2.45) is 5.73 Å². The minimum Gasteiger partial charge on any atom is -0.388 e. The van der Waals surface area contributed by atoms with Gasteiger partial charge in [-0.25, -0.2) is 0 Å². The molecule has 0 aromatic heterocycles. The lowest BCUT2D eigenvalue weighted by Gasteiger charge is -2.31. The van der Waals surface area contributed by atoms with Crippen LogP contribution in [0, 0.1) is 5.41 Å². The van der Waals surface area contributed by atoms with Crippen LogP contribution in [0.1, 0.15) is 31.9 Å². The van der Waals surface area contributed by atoms with Gasteiger partial charge in [0.1, 0.15) is 0 Å². The van der Waals surface area contributed by atoms with Crippen molar-refractivity contribution in [3.05, 3.63) is 34.9 Å². The molecule has 1 aromatic rings. The van der Waals surface area contributed by atoms with Gasteiger partial charge in [-0.1, -0.05) is 23.7 Å². The number of hydrogen-bond acceptors (Lipinski definition) is 2. The Hall–Kier alpha value is -1.06. The topological polar surface area (TPSA) is 53.1 Å². The number of nitrogens with zero attached hydrogens (tertiary/aromatic N) is 1. The molecule has 0 aliphatic rings. The van der Waals surface area contributed by atoms with E-state index in [1.165, 1.54) is 5.56 Å². The zero-order valence-electron chi connectivity index (χ0n) is 10.6. The van der Waals surface area contributed by atoms with Crippen LogP contribution in [0.25, 0.3) is 0 Å². The quantitative estimate of drug-likeness (QED) is 0.626. The van der Waals surface area contributed by atoms with Gasteiger partial charge in [0.15, 0.2) is 0 Å². The molecule has 1 rings (SSSR count). The van der Waals surface area contributed by atoms with Crippen LogP contribution >= 0.6 is 11.6 Å². The Morgan fingerprint density at radius 1 is 1.47 bits per heavy atom. The lowest BCUT2D eigenvalue weighted by Crippen LogP contribution is -2.34. The highest BCUT2D eigenvalue weighted by Gasteiger charge is 2.18. The molecule has 17 heavy (non-hydrogen) atoms. The average molecular weight is 254 g/mol. The lowest BCUT2D eigenvalue weighted by atomic mass is 10.0. The number of nitrogens with one attached hydrogen (secondary N) is 1. The van der Waals surface area contributed by atoms with Crippen LogP contribution < -0.4 is 5.73 Å². The van der Waals surface area contributed by atoms with Crippen LogP contribution in [0.4, 0.5) is 0 Å². The SMILES string of the molecule is CC(CC(=N)N)N(C)C(C)c1cccc(Cl)c1. The molecule has 0 aliphatic heterocycles. The first-order valence-electron chi connectivity index (χ1n) is 5.72. The monoisotopic (exact) mass is 253 g/mol. The number of nitrogens with two attached hydrogens (primary N) is 1. The van der Waals surface area contributed by atoms with Gasteiger partial charge in [0, 0.05) is 23.5 Å². The van der Waals surface area contributed by atoms with Gasteiger partial charge >= 0.3 is 0 Å². The summed E-state index contributed by atoms with van der Waals surface area (Å²) in [5.41, 5.74) is 6.61. The molecule has 0 saturated heterocycles. The Kier molecular flexibility index (Phi) is 4.97. The minimum atomic E-state index is 0.225. The molecular formula is C13H20ClN3. The smallest absolute Gasteiger partial charge is 0.0920 e. The van der Waals surface area contributed by atoms with Crippen LogP contribution in [-0.4, -0.2) is 23.8 Å². The van der Waals surface area contributed by atoms with Crippen molar-refractivity contribution in [1.82, 2.24) is 4.90 Å². The van der Waals surface area contributed by atoms with Crippen LogP contribution in [0.3, 0.4) is 0 Å². The van der Waals surface area contributed by atoms with E-state index >= 15 is 0 Å². The molecule has 1 aromatic carbocycles. The summed E-state index contributed by atoms with van der Waals surface area (Å²) in [7, 11) is 2.04. The molecule has 0 spiro atoms. The van der Waals surface area contributed by atoms with Gasteiger partial charge in [-0.2, -0.15) is 0 Å². The fourth-order valence-corrected chi connectivity index (χ4v) is 2.04. The summed E-state index contributed by atoms with van der Waals surface area (Å²) in [6.07, 6.45) is 0.585. The van der Waals surface area contributed by atoms with Crippen molar-refractivity contribution in [1.29, 1.82) is 5.41 Å². The Balaban J connectivity index is 2.75. The molecule has 0 saturated carbocycles. The zero-order valence-corrected chi connectivity index (χ0v) is 11.3. The molecule has 3 N–H and O–H groups in total. The molecule has 3 nitrogen and oxygen atoms in total. The summed E-state index contributed by atoms with van der Waals surface area (Å²) in [6, 6.07) is 8.36. The fourth-order valence-electron chi connectivity index (χ4n) is 1.85. The minimum absolute atomic E-state index is 0.225. The standard InChI is InChI=1S/C13H20ClN3/c1-9(7-13(15)16)17(3)10(2)11-5-4-6-12(14)8-11/h4-6,8-10H,7H2,1-3H3,(H3,15,16). The van der Waals surface area contributed by atoms with E-state index in [9.17, 15) is 0 Å². The molecule has 0 radical (unpaired) electrons. The van der Waals surface area contributed by atoms with Crippen LogP contribution in [0.5, 0.6) is 0 Å². The van der Waals surface area contributed by atoms with Crippen molar-refractivity contribution in [3.8, 4) is 0 Å². The van der Waals surface area contributed by atoms with E-state index in [-0.39, 0.29) is 17.9 Å². The van der Waals surface area contributed by atoms with E-state index in [1.807, 2.05) is 25.2 Å². The van der Waals surface area contributed by atoms with Crippen molar-refractivity contribution in [2.75, 3.05) is 7.05 Å². The van der Waals surface area contributed by atoms with E-state index in [2.05, 4.69) is 24.8 Å². The van der Waals surface area contributed by atoms with Gasteiger partial charge in [-0.3, -0.25) is 10.3 Å². The van der Waals surface area contributed by atoms with E-state index in [1.54, 1.807) is 0 Å². The fraction of sp³-hybridized carbons (Fsp3) is 0.462. The highest BCUT2D eigenvalue weighted by molar-refractivity contribution is 6.30. The number of rotatable bonds is 5. The molecule has 0 amide bonds. The molecule has 0 fully saturated rings. The molecule has 0 heterocycles. The third kappa shape index (κ3) is 4.02. The van der Waals surface area contributed by atoms with Crippen LogP contribution in [0.15, 0.2) is 24.3 Å². The second-order valence-electron chi connectivity index (χ2n) is 4.47. The molecule has 2 atom stereocenters. The van der Waals surface area contributed by atoms with Crippen molar-refractivity contribution in [3.63, 3.8) is 0 Å². The van der Waals surface area contributed by atoms with Gasteiger partial charge < -0.3 is 5.73 Å². The summed E-state index contributed by atoms with van der Waals surface area (Å²) in [4.78, 5) is 2.20. The third-order valence-electron chi connectivity index (χ3n) is 3.15. The largest absolute Gasteiger partial charge is 0.388 e. The molecule has 4 heteroatoms. The number of halogens is 1. The third-order valence-corrected chi connectivity index (χ3v) is 3.39. The summed E-state index contributed by atoms with van der Waals surface area (Å²) in [5, 5.41) is 8.08. The van der Waals surface area contributed by atoms with E-state index in [0.29, 0.717) is 6.42 Å². The van der Waals surface area contributed by atoms with Gasteiger partial charge in [0.2, 0.25) is 0 Å². The van der Waals surface area contributed by atoms with Gasteiger partial charge in [-0.05, 0) is 38.6 Å². The highest BCUT2D eigenvalue weighted by Crippen LogP contribution is 2.24. The van der Waals surface area contributed by atoms with Gasteiger partial charge in [0.05, 0.1) is 5.84 Å². The molecular weight excluding hydrogens is 234 g/mol. The van der Waals surface area contributed by atoms with E-state index in [0.717, 1.165) is 5.02 Å². The second-order valence-corrected chi connectivity index (χ2v) is 4.91. The van der Waals surface area contributed by atoms with Crippen LogP contribution in [-0.2, 0) is 0 Å². The van der Waals surface area contributed by atoms with Crippen molar-refractivity contribution in [2.45, 2.75) is 32.4 Å². The van der Waals surface area contributed by atoms with Crippen LogP contribution in [0.2, 0.25) is 5.02 Å². The molecule has 0 aliphatic carbocycles. The second kappa shape index (κ2) is 6.03. The van der Waals surface area contributed by atoms with Crippen molar-refractivity contribution < 1.29 is 0 Å². The van der Waals surface area contributed by atoms with Crippen molar-refractivity contribution >= 4 is 17.4 Å². The molecule has 0 bridgehead atoms. The summed E-state index contributed by atoms with van der Waals surface area (Å²) < 4.78 is 0. The van der Waals surface area contributed by atoms with Gasteiger partial charge in [-0.15, -0.1) is 0 Å². The number of amidine groups is 1.